The van der Waals surface area contributed by atoms with E-state index in [9.17, 15) is 14.3 Å². The monoisotopic (exact) mass is 390 g/mol. The van der Waals surface area contributed by atoms with Gasteiger partial charge in [0, 0.05) is 5.41 Å². The van der Waals surface area contributed by atoms with Crippen molar-refractivity contribution < 1.29 is 28.5 Å². The van der Waals surface area contributed by atoms with Crippen molar-refractivity contribution in [2.45, 2.75) is 40.6 Å². The van der Waals surface area contributed by atoms with Crippen LogP contribution in [0.15, 0.2) is 42.5 Å². The van der Waals surface area contributed by atoms with Crippen molar-refractivity contribution in [3.63, 3.8) is 0 Å². The Hall–Kier alpha value is -2.44. The minimum absolute atomic E-state index is 0.0523. The molecule has 5 nitrogen and oxygen atoms in total. The molecule has 1 saturated heterocycles. The van der Waals surface area contributed by atoms with E-state index in [1.54, 1.807) is 0 Å². The fourth-order valence-electron chi connectivity index (χ4n) is 2.67. The van der Waals surface area contributed by atoms with Crippen LogP contribution in [0, 0.1) is 11.2 Å². The molecule has 0 aromatic heterocycles. The molecule has 6 heteroatoms. The Morgan fingerprint density at radius 3 is 2.36 bits per heavy atom. The first-order chi connectivity index (χ1) is 13.4. The first kappa shape index (κ1) is 21.9. The first-order valence-corrected chi connectivity index (χ1v) is 9.32. The third kappa shape index (κ3) is 5.53. The zero-order chi connectivity index (χ0) is 20.7. The highest BCUT2D eigenvalue weighted by atomic mass is 19.1. The van der Waals surface area contributed by atoms with Crippen molar-refractivity contribution in [1.82, 2.24) is 0 Å². The van der Waals surface area contributed by atoms with Crippen LogP contribution in [0.25, 0.3) is 0 Å². The summed E-state index contributed by atoms with van der Waals surface area (Å²) < 4.78 is 31.6. The number of hydrogen-bond acceptors (Lipinski definition) is 4. The molecule has 0 saturated carbocycles. The maximum absolute atomic E-state index is 14.6. The highest BCUT2D eigenvalue weighted by Crippen LogP contribution is 2.37. The van der Waals surface area contributed by atoms with Gasteiger partial charge < -0.3 is 19.3 Å². The summed E-state index contributed by atoms with van der Waals surface area (Å²) in [4.78, 5) is 11.3. The Labute approximate surface area is 165 Å². The van der Waals surface area contributed by atoms with E-state index in [1.807, 2.05) is 58.0 Å². The number of rotatable bonds is 5. The predicted octanol–water partition coefficient (Wildman–Crippen LogP) is 5.20. The highest BCUT2D eigenvalue weighted by Gasteiger charge is 2.32. The Balaban J connectivity index is 0.00000136. The SMILES string of the molecule is CC.CC1(C)COC(c2cc(C(=O)O)cc(F)c2OCc2ccccc2)OC1. The summed E-state index contributed by atoms with van der Waals surface area (Å²) in [5, 5.41) is 9.22. The van der Waals surface area contributed by atoms with E-state index in [-0.39, 0.29) is 28.9 Å². The average molecular weight is 390 g/mol. The van der Waals surface area contributed by atoms with Gasteiger partial charge in [-0.1, -0.05) is 58.0 Å². The lowest BCUT2D eigenvalue weighted by Crippen LogP contribution is -2.34. The Morgan fingerprint density at radius 1 is 1.18 bits per heavy atom. The molecule has 1 aliphatic heterocycles. The van der Waals surface area contributed by atoms with E-state index in [0.29, 0.717) is 13.2 Å². The lowest BCUT2D eigenvalue weighted by molar-refractivity contribution is -0.226. The van der Waals surface area contributed by atoms with E-state index in [0.717, 1.165) is 11.6 Å². The highest BCUT2D eigenvalue weighted by molar-refractivity contribution is 5.88. The molecule has 3 rings (SSSR count). The van der Waals surface area contributed by atoms with Crippen molar-refractivity contribution in [3.05, 3.63) is 65.0 Å². The van der Waals surface area contributed by atoms with Gasteiger partial charge in [0.1, 0.15) is 6.61 Å². The molecule has 0 spiro atoms. The number of halogens is 1. The minimum atomic E-state index is -1.23. The molecule has 2 aromatic rings. The maximum Gasteiger partial charge on any atom is 0.335 e. The van der Waals surface area contributed by atoms with Crippen LogP contribution < -0.4 is 4.74 Å². The quantitative estimate of drug-likeness (QED) is 0.760. The number of carbonyl (C=O) groups is 1. The molecule has 28 heavy (non-hydrogen) atoms. The second kappa shape index (κ2) is 9.66. The van der Waals surface area contributed by atoms with Crippen LogP contribution in [-0.2, 0) is 16.1 Å². The second-order valence-electron chi connectivity index (χ2n) is 7.07. The van der Waals surface area contributed by atoms with Crippen LogP contribution in [0.1, 0.15) is 55.5 Å². The first-order valence-electron chi connectivity index (χ1n) is 9.32. The zero-order valence-corrected chi connectivity index (χ0v) is 16.7. The van der Waals surface area contributed by atoms with Gasteiger partial charge in [0.15, 0.2) is 17.9 Å². The molecular weight excluding hydrogens is 363 g/mol. The number of benzene rings is 2. The van der Waals surface area contributed by atoms with Gasteiger partial charge in [-0.15, -0.1) is 0 Å². The van der Waals surface area contributed by atoms with Gasteiger partial charge in [0.25, 0.3) is 0 Å². The number of ether oxygens (including phenoxy) is 3. The van der Waals surface area contributed by atoms with Gasteiger partial charge in [-0.05, 0) is 17.7 Å². The van der Waals surface area contributed by atoms with Crippen LogP contribution in [0.4, 0.5) is 4.39 Å². The van der Waals surface area contributed by atoms with E-state index >= 15 is 0 Å². The standard InChI is InChI=1S/C20H21FO5.C2H6/c1-20(2)11-25-19(26-12-20)15-8-14(18(22)23)9-16(21)17(15)24-10-13-6-4-3-5-7-13;1-2/h3-9,19H,10-12H2,1-2H3,(H,22,23);1-2H3. The third-order valence-corrected chi connectivity index (χ3v) is 4.05. The number of hydrogen-bond donors (Lipinski definition) is 1. The molecule has 152 valence electrons. The van der Waals surface area contributed by atoms with Gasteiger partial charge >= 0.3 is 5.97 Å². The third-order valence-electron chi connectivity index (χ3n) is 4.05. The van der Waals surface area contributed by atoms with E-state index in [4.69, 9.17) is 14.2 Å². The molecular formula is C22H27FO5. The van der Waals surface area contributed by atoms with Crippen LogP contribution in [0.2, 0.25) is 0 Å². The molecule has 0 atom stereocenters. The van der Waals surface area contributed by atoms with Gasteiger partial charge in [-0.3, -0.25) is 0 Å². The topological polar surface area (TPSA) is 65.0 Å². The normalized spacial score (nSPS) is 16.0. The Morgan fingerprint density at radius 2 is 1.79 bits per heavy atom. The Bertz CT molecular complexity index is 779. The predicted molar refractivity (Wildman–Crippen MR) is 104 cm³/mol. The van der Waals surface area contributed by atoms with Crippen LogP contribution >= 0.6 is 0 Å². The molecule has 0 amide bonds. The molecule has 1 N–H and O–H groups in total. The minimum Gasteiger partial charge on any atom is -0.485 e. The number of aromatic carboxylic acids is 1. The van der Waals surface area contributed by atoms with E-state index in [2.05, 4.69) is 0 Å². The summed E-state index contributed by atoms with van der Waals surface area (Å²) in [6, 6.07) is 11.6. The molecule has 1 fully saturated rings. The smallest absolute Gasteiger partial charge is 0.335 e. The van der Waals surface area contributed by atoms with Crippen LogP contribution in [0.5, 0.6) is 5.75 Å². The van der Waals surface area contributed by atoms with E-state index < -0.39 is 18.1 Å². The summed E-state index contributed by atoms with van der Waals surface area (Å²) in [6.07, 6.45) is -0.873. The number of carboxylic acid groups (broad SMARTS) is 1. The van der Waals surface area contributed by atoms with Crippen molar-refractivity contribution in [1.29, 1.82) is 0 Å². The summed E-state index contributed by atoms with van der Waals surface area (Å²) >= 11 is 0. The molecule has 0 unspecified atom stereocenters. The molecule has 0 bridgehead atoms. The van der Waals surface area contributed by atoms with Crippen molar-refractivity contribution in [3.8, 4) is 5.75 Å². The molecule has 1 heterocycles. The van der Waals surface area contributed by atoms with Crippen molar-refractivity contribution in [2.24, 2.45) is 5.41 Å². The van der Waals surface area contributed by atoms with Crippen LogP contribution in [0.3, 0.4) is 0 Å². The largest absolute Gasteiger partial charge is 0.485 e. The molecule has 2 aromatic carbocycles. The average Bonchev–Trinajstić information content (AvgIpc) is 2.69. The zero-order valence-electron chi connectivity index (χ0n) is 16.7. The van der Waals surface area contributed by atoms with Gasteiger partial charge in [-0.2, -0.15) is 0 Å². The summed E-state index contributed by atoms with van der Waals surface area (Å²) in [6.45, 7) is 8.95. The molecule has 1 aliphatic rings. The van der Waals surface area contributed by atoms with Gasteiger partial charge in [0.2, 0.25) is 0 Å². The lowest BCUT2D eigenvalue weighted by atomic mass is 9.95. The fourth-order valence-corrected chi connectivity index (χ4v) is 2.67. The maximum atomic E-state index is 14.6. The summed E-state index contributed by atoms with van der Waals surface area (Å²) in [7, 11) is 0. The number of carboxylic acids is 1. The van der Waals surface area contributed by atoms with Gasteiger partial charge in [-0.25, -0.2) is 9.18 Å². The summed E-state index contributed by atoms with van der Waals surface area (Å²) in [5.74, 6) is -2.03. The summed E-state index contributed by atoms with van der Waals surface area (Å²) in [5.41, 5.74) is 0.770. The fraction of sp³-hybridized carbons (Fsp3) is 0.409. The van der Waals surface area contributed by atoms with E-state index in [1.165, 1.54) is 6.07 Å². The lowest BCUT2D eigenvalue weighted by Gasteiger charge is -2.35. The van der Waals surface area contributed by atoms with Crippen LogP contribution in [-0.4, -0.2) is 24.3 Å². The van der Waals surface area contributed by atoms with Crippen molar-refractivity contribution >= 4 is 5.97 Å². The molecule has 0 aliphatic carbocycles. The van der Waals surface area contributed by atoms with Crippen molar-refractivity contribution in [2.75, 3.05) is 13.2 Å². The second-order valence-corrected chi connectivity index (χ2v) is 7.07. The Kier molecular flexibility index (Phi) is 7.54. The van der Waals surface area contributed by atoms with Gasteiger partial charge in [0.05, 0.1) is 24.3 Å². The molecule has 0 radical (unpaired) electrons.